The van der Waals surface area contributed by atoms with Gasteiger partial charge < -0.3 is 4.90 Å². The van der Waals surface area contributed by atoms with Crippen LogP contribution in [-0.2, 0) is 0 Å². The second kappa shape index (κ2) is 7.31. The molecule has 0 aliphatic carbocycles. The maximum Gasteiger partial charge on any atom is 0.263 e. The van der Waals surface area contributed by atoms with Gasteiger partial charge in [-0.1, -0.05) is 30.9 Å². The van der Waals surface area contributed by atoms with Crippen molar-refractivity contribution in [3.05, 3.63) is 32.8 Å². The lowest BCUT2D eigenvalue weighted by molar-refractivity contribution is 0.0790. The first-order valence-electron chi connectivity index (χ1n) is 7.13. The minimum atomic E-state index is 0.0288. The van der Waals surface area contributed by atoms with Crippen LogP contribution in [0.1, 0.15) is 42.3 Å². The van der Waals surface area contributed by atoms with E-state index >= 15 is 0 Å². The van der Waals surface area contributed by atoms with Crippen molar-refractivity contribution in [2.24, 2.45) is 11.0 Å². The Bertz CT molecular complexity index is 481. The van der Waals surface area contributed by atoms with E-state index in [4.69, 9.17) is 5.53 Å². The van der Waals surface area contributed by atoms with E-state index in [1.807, 2.05) is 22.4 Å². The molecule has 6 heteroatoms. The smallest absolute Gasteiger partial charge is 0.263 e. The number of nitrogens with zero attached hydrogens (tertiary/aromatic N) is 4. The quantitative estimate of drug-likeness (QED) is 0.442. The highest BCUT2D eigenvalue weighted by Crippen LogP contribution is 2.27. The highest BCUT2D eigenvalue weighted by atomic mass is 32.1. The van der Waals surface area contributed by atoms with Crippen molar-refractivity contribution in [1.29, 1.82) is 0 Å². The SMILES string of the molecule is CCCCC(N=[N+]=[N-])C1CCN(C(=O)c2cccs2)C1. The molecule has 1 aromatic heterocycles. The number of amides is 1. The number of hydrogen-bond acceptors (Lipinski definition) is 3. The van der Waals surface area contributed by atoms with Crippen LogP contribution in [0.4, 0.5) is 0 Å². The number of hydrogen-bond donors (Lipinski definition) is 0. The molecule has 2 rings (SSSR count). The van der Waals surface area contributed by atoms with E-state index in [1.54, 1.807) is 0 Å². The Balaban J connectivity index is 1.96. The highest BCUT2D eigenvalue weighted by molar-refractivity contribution is 7.12. The summed E-state index contributed by atoms with van der Waals surface area (Å²) in [6.45, 7) is 3.61. The van der Waals surface area contributed by atoms with E-state index in [0.29, 0.717) is 12.5 Å². The van der Waals surface area contributed by atoms with Crippen molar-refractivity contribution in [3.8, 4) is 0 Å². The van der Waals surface area contributed by atoms with Crippen LogP contribution in [0.5, 0.6) is 0 Å². The Morgan fingerprint density at radius 2 is 2.55 bits per heavy atom. The van der Waals surface area contributed by atoms with Gasteiger partial charge >= 0.3 is 0 Å². The number of carbonyl (C=O) groups is 1. The Hall–Kier alpha value is -1.52. The molecule has 0 N–H and O–H groups in total. The summed E-state index contributed by atoms with van der Waals surface area (Å²) in [4.78, 5) is 17.9. The normalized spacial score (nSPS) is 19.6. The van der Waals surface area contributed by atoms with Crippen molar-refractivity contribution in [3.63, 3.8) is 0 Å². The van der Waals surface area contributed by atoms with Gasteiger partial charge in [-0.2, -0.15) is 0 Å². The summed E-state index contributed by atoms with van der Waals surface area (Å²) < 4.78 is 0. The molecule has 0 spiro atoms. The van der Waals surface area contributed by atoms with E-state index in [9.17, 15) is 4.79 Å². The van der Waals surface area contributed by atoms with Crippen LogP contribution in [0.2, 0.25) is 0 Å². The Kier molecular flexibility index (Phi) is 5.44. The third-order valence-electron chi connectivity index (χ3n) is 3.84. The Morgan fingerprint density at radius 1 is 1.70 bits per heavy atom. The maximum atomic E-state index is 12.3. The zero-order valence-corrected chi connectivity index (χ0v) is 12.6. The number of rotatable bonds is 6. The van der Waals surface area contributed by atoms with Crippen LogP contribution in [0.25, 0.3) is 10.4 Å². The predicted octanol–water partition coefficient (Wildman–Crippen LogP) is 4.08. The molecule has 108 valence electrons. The van der Waals surface area contributed by atoms with Gasteiger partial charge in [0.1, 0.15) is 0 Å². The van der Waals surface area contributed by atoms with Crippen molar-refractivity contribution in [1.82, 2.24) is 4.90 Å². The summed E-state index contributed by atoms with van der Waals surface area (Å²) in [5.74, 6) is 0.416. The molecular weight excluding hydrogens is 272 g/mol. The highest BCUT2D eigenvalue weighted by Gasteiger charge is 2.31. The molecule has 0 bridgehead atoms. The number of thiophene rings is 1. The third-order valence-corrected chi connectivity index (χ3v) is 4.70. The molecule has 2 atom stereocenters. The monoisotopic (exact) mass is 292 g/mol. The molecule has 1 fully saturated rings. The summed E-state index contributed by atoms with van der Waals surface area (Å²) in [5.41, 5.74) is 8.70. The molecule has 1 saturated heterocycles. The topological polar surface area (TPSA) is 69.1 Å². The van der Waals surface area contributed by atoms with Gasteiger partial charge in [-0.15, -0.1) is 11.3 Å². The second-order valence-corrected chi connectivity index (χ2v) is 6.14. The van der Waals surface area contributed by atoms with Gasteiger partial charge in [0.25, 0.3) is 5.91 Å². The summed E-state index contributed by atoms with van der Waals surface area (Å²) in [6, 6.07) is 3.79. The molecule has 1 aliphatic rings. The molecule has 2 unspecified atom stereocenters. The number of carbonyl (C=O) groups excluding carboxylic acids is 1. The minimum absolute atomic E-state index is 0.0288. The zero-order chi connectivity index (χ0) is 14.4. The third kappa shape index (κ3) is 3.52. The predicted molar refractivity (Wildman–Crippen MR) is 80.8 cm³/mol. The summed E-state index contributed by atoms with van der Waals surface area (Å²) >= 11 is 1.48. The van der Waals surface area contributed by atoms with Crippen LogP contribution in [-0.4, -0.2) is 29.9 Å². The van der Waals surface area contributed by atoms with Crippen LogP contribution in [0.15, 0.2) is 22.6 Å². The van der Waals surface area contributed by atoms with E-state index in [0.717, 1.165) is 37.1 Å². The average Bonchev–Trinajstić information content (AvgIpc) is 3.13. The van der Waals surface area contributed by atoms with E-state index in [2.05, 4.69) is 16.9 Å². The molecule has 0 saturated carbocycles. The fraction of sp³-hybridized carbons (Fsp3) is 0.643. The summed E-state index contributed by atoms with van der Waals surface area (Å²) in [7, 11) is 0. The van der Waals surface area contributed by atoms with Crippen LogP contribution >= 0.6 is 11.3 Å². The first-order valence-corrected chi connectivity index (χ1v) is 8.01. The van der Waals surface area contributed by atoms with E-state index in [-0.39, 0.29) is 11.9 Å². The zero-order valence-electron chi connectivity index (χ0n) is 11.7. The lowest BCUT2D eigenvalue weighted by Crippen LogP contribution is -2.30. The largest absolute Gasteiger partial charge is 0.338 e. The van der Waals surface area contributed by atoms with Crippen molar-refractivity contribution in [2.45, 2.75) is 38.6 Å². The van der Waals surface area contributed by atoms with Gasteiger partial charge in [0.15, 0.2) is 0 Å². The van der Waals surface area contributed by atoms with Gasteiger partial charge in [0.2, 0.25) is 0 Å². The molecule has 0 aromatic carbocycles. The second-order valence-electron chi connectivity index (χ2n) is 5.19. The molecule has 5 nitrogen and oxygen atoms in total. The maximum absolute atomic E-state index is 12.3. The first kappa shape index (κ1) is 14.9. The fourth-order valence-electron chi connectivity index (χ4n) is 2.71. The summed E-state index contributed by atoms with van der Waals surface area (Å²) in [6.07, 6.45) is 4.03. The number of azide groups is 1. The lowest BCUT2D eigenvalue weighted by Gasteiger charge is -2.19. The standard InChI is InChI=1S/C14H20N4OS/c1-2-3-5-12(16-17-15)11-7-8-18(10-11)14(19)13-6-4-9-20-13/h4,6,9,11-12H,2-3,5,7-8,10H2,1H3. The van der Waals surface area contributed by atoms with Gasteiger partial charge in [-0.3, -0.25) is 4.79 Å². The van der Waals surface area contributed by atoms with Crippen molar-refractivity contribution < 1.29 is 4.79 Å². The number of unbranched alkanes of at least 4 members (excludes halogenated alkanes) is 1. The van der Waals surface area contributed by atoms with E-state index < -0.39 is 0 Å². The van der Waals surface area contributed by atoms with Gasteiger partial charge in [-0.05, 0) is 35.7 Å². The molecular formula is C14H20N4OS. The summed E-state index contributed by atoms with van der Waals surface area (Å²) in [5, 5.41) is 5.87. The van der Waals surface area contributed by atoms with Gasteiger partial charge in [0.05, 0.1) is 4.88 Å². The van der Waals surface area contributed by atoms with Crippen LogP contribution in [0, 0.1) is 5.92 Å². The molecule has 1 aliphatic heterocycles. The molecule has 1 aromatic rings. The van der Waals surface area contributed by atoms with Crippen LogP contribution in [0.3, 0.4) is 0 Å². The van der Waals surface area contributed by atoms with Gasteiger partial charge in [-0.25, -0.2) is 0 Å². The average molecular weight is 292 g/mol. The van der Waals surface area contributed by atoms with Crippen molar-refractivity contribution in [2.75, 3.05) is 13.1 Å². The molecule has 1 amide bonds. The van der Waals surface area contributed by atoms with Crippen LogP contribution < -0.4 is 0 Å². The minimum Gasteiger partial charge on any atom is -0.338 e. The molecule has 20 heavy (non-hydrogen) atoms. The van der Waals surface area contributed by atoms with Gasteiger partial charge in [0, 0.05) is 24.0 Å². The lowest BCUT2D eigenvalue weighted by atomic mass is 9.95. The Labute approximate surface area is 123 Å². The molecule has 2 heterocycles. The van der Waals surface area contributed by atoms with Crippen molar-refractivity contribution >= 4 is 17.2 Å². The first-order chi connectivity index (χ1) is 9.76. The molecule has 0 radical (unpaired) electrons. The number of likely N-dealkylation sites (tertiary alicyclic amines) is 1. The Morgan fingerprint density at radius 3 is 3.20 bits per heavy atom. The fourth-order valence-corrected chi connectivity index (χ4v) is 3.40. The van der Waals surface area contributed by atoms with E-state index in [1.165, 1.54) is 11.3 Å².